The molecule has 1 nitrogen and oxygen atoms in total. The molecule has 0 heterocycles. The molecule has 12 heavy (non-hydrogen) atoms. The van der Waals surface area contributed by atoms with Gasteiger partial charge in [0.15, 0.2) is 0 Å². The van der Waals surface area contributed by atoms with Crippen LogP contribution in [0.1, 0.15) is 18.9 Å². The number of rotatable bonds is 2. The predicted molar refractivity (Wildman–Crippen MR) is 55.2 cm³/mol. The summed E-state index contributed by atoms with van der Waals surface area (Å²) in [5, 5.41) is 0.686. The van der Waals surface area contributed by atoms with Crippen LogP contribution in [0.25, 0.3) is 6.08 Å². The number of hydrogen-bond acceptors (Lipinski definition) is 1. The quantitative estimate of drug-likeness (QED) is 0.696. The van der Waals surface area contributed by atoms with Gasteiger partial charge < -0.3 is 5.73 Å². The van der Waals surface area contributed by atoms with Crippen molar-refractivity contribution in [3.63, 3.8) is 0 Å². The molecule has 1 rings (SSSR count). The maximum Gasteiger partial charge on any atom is 0.0432 e. The number of halogens is 1. The average Bonchev–Trinajstić information content (AvgIpc) is 1.99. The van der Waals surface area contributed by atoms with E-state index in [2.05, 4.69) is 13.0 Å². The Bertz CT molecular complexity index is 272. The summed E-state index contributed by atoms with van der Waals surface area (Å²) in [6.45, 7) is 2.09. The molecule has 0 amide bonds. The van der Waals surface area contributed by atoms with E-state index in [-0.39, 0.29) is 0 Å². The summed E-state index contributed by atoms with van der Waals surface area (Å²) in [6, 6.07) is 5.53. The van der Waals surface area contributed by atoms with E-state index < -0.39 is 0 Å². The lowest BCUT2D eigenvalue weighted by Crippen LogP contribution is -1.84. The SMILES string of the molecule is CC/C=C/c1cc(N)cc(Cl)c1. The van der Waals surface area contributed by atoms with E-state index in [1.165, 1.54) is 0 Å². The highest BCUT2D eigenvalue weighted by Crippen LogP contribution is 2.17. The zero-order chi connectivity index (χ0) is 8.97. The molecule has 0 saturated carbocycles. The lowest BCUT2D eigenvalue weighted by molar-refractivity contribution is 1.23. The summed E-state index contributed by atoms with van der Waals surface area (Å²) in [5.41, 5.74) is 7.38. The Morgan fingerprint density at radius 1 is 1.42 bits per heavy atom. The largest absolute Gasteiger partial charge is 0.399 e. The first-order valence-electron chi connectivity index (χ1n) is 3.95. The Kier molecular flexibility index (Phi) is 3.18. The van der Waals surface area contributed by atoms with Gasteiger partial charge in [0.05, 0.1) is 0 Å². The van der Waals surface area contributed by atoms with E-state index in [1.807, 2.05) is 18.2 Å². The van der Waals surface area contributed by atoms with E-state index in [4.69, 9.17) is 17.3 Å². The fraction of sp³-hybridized carbons (Fsp3) is 0.200. The van der Waals surface area contributed by atoms with Crippen molar-refractivity contribution in [3.8, 4) is 0 Å². The minimum absolute atomic E-state index is 0.686. The third-order valence-corrected chi connectivity index (χ3v) is 1.71. The van der Waals surface area contributed by atoms with Crippen molar-refractivity contribution in [1.29, 1.82) is 0 Å². The molecular weight excluding hydrogens is 170 g/mol. The monoisotopic (exact) mass is 181 g/mol. The van der Waals surface area contributed by atoms with E-state index >= 15 is 0 Å². The van der Waals surface area contributed by atoms with Gasteiger partial charge in [0, 0.05) is 10.7 Å². The number of nitrogens with two attached hydrogens (primary N) is 1. The van der Waals surface area contributed by atoms with Gasteiger partial charge in [-0.1, -0.05) is 30.7 Å². The standard InChI is InChI=1S/C10H12ClN/c1-2-3-4-8-5-9(11)7-10(12)6-8/h3-7H,2,12H2,1H3/b4-3+. The molecule has 64 valence electrons. The molecule has 1 aromatic rings. The molecule has 0 aliphatic rings. The number of allylic oxidation sites excluding steroid dienone is 1. The first-order valence-corrected chi connectivity index (χ1v) is 4.33. The van der Waals surface area contributed by atoms with E-state index in [0.29, 0.717) is 10.7 Å². The van der Waals surface area contributed by atoms with Crippen LogP contribution in [0.15, 0.2) is 24.3 Å². The summed E-state index contributed by atoms with van der Waals surface area (Å²) in [7, 11) is 0. The van der Waals surface area contributed by atoms with E-state index in [9.17, 15) is 0 Å². The van der Waals surface area contributed by atoms with Gasteiger partial charge in [-0.3, -0.25) is 0 Å². The Morgan fingerprint density at radius 2 is 2.17 bits per heavy atom. The van der Waals surface area contributed by atoms with Crippen LogP contribution in [0.4, 0.5) is 5.69 Å². The third kappa shape index (κ3) is 2.59. The van der Waals surface area contributed by atoms with Crippen LogP contribution < -0.4 is 5.73 Å². The zero-order valence-electron chi connectivity index (χ0n) is 7.05. The number of nitrogen functional groups attached to an aromatic ring is 1. The Hall–Kier alpha value is -0.950. The van der Waals surface area contributed by atoms with Crippen molar-refractivity contribution < 1.29 is 0 Å². The van der Waals surface area contributed by atoms with Crippen LogP contribution in [0, 0.1) is 0 Å². The molecule has 0 saturated heterocycles. The minimum Gasteiger partial charge on any atom is -0.399 e. The normalized spacial score (nSPS) is 10.8. The van der Waals surface area contributed by atoms with Crippen molar-refractivity contribution in [2.24, 2.45) is 0 Å². The van der Waals surface area contributed by atoms with Crippen molar-refractivity contribution in [1.82, 2.24) is 0 Å². The molecule has 0 atom stereocenters. The molecule has 1 aromatic carbocycles. The fourth-order valence-corrected chi connectivity index (χ4v) is 1.24. The highest BCUT2D eigenvalue weighted by Gasteiger charge is 1.92. The van der Waals surface area contributed by atoms with Gasteiger partial charge in [0.25, 0.3) is 0 Å². The van der Waals surface area contributed by atoms with Crippen molar-refractivity contribution >= 4 is 23.4 Å². The summed E-state index contributed by atoms with van der Waals surface area (Å²) in [5.74, 6) is 0. The molecule has 0 spiro atoms. The molecule has 0 aliphatic heterocycles. The van der Waals surface area contributed by atoms with Crippen LogP contribution in [-0.2, 0) is 0 Å². The van der Waals surface area contributed by atoms with E-state index in [0.717, 1.165) is 12.0 Å². The predicted octanol–water partition coefficient (Wildman–Crippen LogP) is 3.35. The molecule has 0 aliphatic carbocycles. The molecule has 0 bridgehead atoms. The number of benzene rings is 1. The first-order chi connectivity index (χ1) is 5.72. The third-order valence-electron chi connectivity index (χ3n) is 1.49. The van der Waals surface area contributed by atoms with Gasteiger partial charge in [-0.15, -0.1) is 0 Å². The molecule has 2 heteroatoms. The molecule has 0 radical (unpaired) electrons. The van der Waals surface area contributed by atoms with Crippen molar-refractivity contribution in [3.05, 3.63) is 34.9 Å². The lowest BCUT2D eigenvalue weighted by atomic mass is 10.2. The van der Waals surface area contributed by atoms with E-state index in [1.54, 1.807) is 6.07 Å². The van der Waals surface area contributed by atoms with Gasteiger partial charge >= 0.3 is 0 Å². The summed E-state index contributed by atoms with van der Waals surface area (Å²) < 4.78 is 0. The van der Waals surface area contributed by atoms with Gasteiger partial charge in [-0.25, -0.2) is 0 Å². The van der Waals surface area contributed by atoms with Gasteiger partial charge in [0.1, 0.15) is 0 Å². The van der Waals surface area contributed by atoms with Gasteiger partial charge in [0.2, 0.25) is 0 Å². The van der Waals surface area contributed by atoms with Gasteiger partial charge in [-0.05, 0) is 30.2 Å². The summed E-state index contributed by atoms with van der Waals surface area (Å²) in [4.78, 5) is 0. The van der Waals surface area contributed by atoms with Crippen LogP contribution in [0.5, 0.6) is 0 Å². The molecule has 0 fully saturated rings. The maximum absolute atomic E-state index is 5.82. The second-order valence-electron chi connectivity index (χ2n) is 2.63. The average molecular weight is 182 g/mol. The molecule has 2 N–H and O–H groups in total. The Labute approximate surface area is 77.8 Å². The Balaban J connectivity index is 2.93. The fourth-order valence-electron chi connectivity index (χ4n) is 0.986. The number of hydrogen-bond donors (Lipinski definition) is 1. The summed E-state index contributed by atoms with van der Waals surface area (Å²) in [6.07, 6.45) is 5.11. The van der Waals surface area contributed by atoms with Crippen LogP contribution in [0.3, 0.4) is 0 Å². The van der Waals surface area contributed by atoms with Crippen molar-refractivity contribution in [2.45, 2.75) is 13.3 Å². The highest BCUT2D eigenvalue weighted by molar-refractivity contribution is 6.31. The topological polar surface area (TPSA) is 26.0 Å². The van der Waals surface area contributed by atoms with Crippen LogP contribution in [0.2, 0.25) is 5.02 Å². The smallest absolute Gasteiger partial charge is 0.0432 e. The molecular formula is C10H12ClN. The molecule has 0 aromatic heterocycles. The zero-order valence-corrected chi connectivity index (χ0v) is 7.81. The van der Waals surface area contributed by atoms with Crippen molar-refractivity contribution in [2.75, 3.05) is 5.73 Å². The van der Waals surface area contributed by atoms with Gasteiger partial charge in [-0.2, -0.15) is 0 Å². The maximum atomic E-state index is 5.82. The summed E-state index contributed by atoms with van der Waals surface area (Å²) >= 11 is 5.82. The van der Waals surface area contributed by atoms with Crippen LogP contribution >= 0.6 is 11.6 Å². The molecule has 0 unspecified atom stereocenters. The second kappa shape index (κ2) is 4.17. The highest BCUT2D eigenvalue weighted by atomic mass is 35.5. The Morgan fingerprint density at radius 3 is 2.75 bits per heavy atom. The lowest BCUT2D eigenvalue weighted by Gasteiger charge is -1.97. The second-order valence-corrected chi connectivity index (χ2v) is 3.06. The number of anilines is 1. The van der Waals surface area contributed by atoms with Crippen LogP contribution in [-0.4, -0.2) is 0 Å². The first kappa shape index (κ1) is 9.14. The minimum atomic E-state index is 0.686.